The Morgan fingerprint density at radius 2 is 1.92 bits per heavy atom. The average molecular weight is 358 g/mol. The molecule has 0 heterocycles. The minimum Gasteiger partial charge on any atom is -0.497 e. The van der Waals surface area contributed by atoms with Crippen LogP contribution in [0.15, 0.2) is 48.5 Å². The van der Waals surface area contributed by atoms with E-state index in [0.29, 0.717) is 17.3 Å². The van der Waals surface area contributed by atoms with Gasteiger partial charge in [0.1, 0.15) is 5.75 Å². The number of hydrogen-bond donors (Lipinski definition) is 2. The van der Waals surface area contributed by atoms with Gasteiger partial charge in [-0.05, 0) is 68.0 Å². The molecular weight excluding hydrogens is 336 g/mol. The van der Waals surface area contributed by atoms with Crippen LogP contribution in [0.5, 0.6) is 5.75 Å². The van der Waals surface area contributed by atoms with E-state index in [1.165, 1.54) is 0 Å². The lowest BCUT2D eigenvalue weighted by atomic mass is 10.1. The fourth-order valence-corrected chi connectivity index (χ4v) is 2.56. The van der Waals surface area contributed by atoms with Crippen molar-refractivity contribution < 1.29 is 14.3 Å². The first-order valence-electron chi connectivity index (χ1n) is 8.02. The number of thiocarbonyl (C=S) groups is 1. The molecular formula is C19H22N2O3S. The Bertz CT molecular complexity index is 732. The molecule has 25 heavy (non-hydrogen) atoms. The van der Waals surface area contributed by atoms with Gasteiger partial charge in [0.15, 0.2) is 5.11 Å². The summed E-state index contributed by atoms with van der Waals surface area (Å²) in [4.78, 5) is 11.6. The van der Waals surface area contributed by atoms with Crippen molar-refractivity contribution in [1.29, 1.82) is 0 Å². The Kier molecular flexibility index (Phi) is 6.77. The lowest BCUT2D eigenvalue weighted by Crippen LogP contribution is -2.30. The molecule has 2 rings (SSSR count). The van der Waals surface area contributed by atoms with E-state index in [1.807, 2.05) is 31.2 Å². The van der Waals surface area contributed by atoms with Crippen LogP contribution in [0.25, 0.3) is 0 Å². The average Bonchev–Trinajstić information content (AvgIpc) is 2.62. The van der Waals surface area contributed by atoms with Crippen molar-refractivity contribution in [1.82, 2.24) is 5.32 Å². The van der Waals surface area contributed by atoms with Crippen molar-refractivity contribution in [2.75, 3.05) is 19.0 Å². The number of carbonyl (C=O) groups excluding carboxylic acids is 1. The summed E-state index contributed by atoms with van der Waals surface area (Å²) in [6.07, 6.45) is 0. The van der Waals surface area contributed by atoms with Crippen molar-refractivity contribution in [2.24, 2.45) is 0 Å². The van der Waals surface area contributed by atoms with Crippen LogP contribution in [0.2, 0.25) is 0 Å². The number of benzene rings is 2. The number of methoxy groups -OCH3 is 1. The Balaban J connectivity index is 1.94. The zero-order valence-electron chi connectivity index (χ0n) is 14.5. The van der Waals surface area contributed by atoms with Gasteiger partial charge in [-0.3, -0.25) is 0 Å². The van der Waals surface area contributed by atoms with Crippen molar-refractivity contribution in [3.8, 4) is 5.75 Å². The van der Waals surface area contributed by atoms with Crippen LogP contribution in [0.3, 0.4) is 0 Å². The minimum atomic E-state index is -0.332. The molecule has 0 saturated carbocycles. The molecule has 0 amide bonds. The Morgan fingerprint density at radius 3 is 2.56 bits per heavy atom. The summed E-state index contributed by atoms with van der Waals surface area (Å²) >= 11 is 5.35. The molecule has 6 heteroatoms. The summed E-state index contributed by atoms with van der Waals surface area (Å²) in [7, 11) is 1.64. The van der Waals surface area contributed by atoms with Crippen molar-refractivity contribution in [3.63, 3.8) is 0 Å². The van der Waals surface area contributed by atoms with Gasteiger partial charge in [0.05, 0.1) is 25.3 Å². The lowest BCUT2D eigenvalue weighted by molar-refractivity contribution is 0.0526. The highest BCUT2D eigenvalue weighted by Gasteiger charge is 2.09. The van der Waals surface area contributed by atoms with Crippen LogP contribution >= 0.6 is 12.2 Å². The van der Waals surface area contributed by atoms with Crippen molar-refractivity contribution >= 4 is 29.0 Å². The number of carbonyl (C=O) groups is 1. The van der Waals surface area contributed by atoms with Crippen LogP contribution in [0.1, 0.15) is 35.8 Å². The van der Waals surface area contributed by atoms with Gasteiger partial charge in [0.25, 0.3) is 0 Å². The summed E-state index contributed by atoms with van der Waals surface area (Å²) in [5.41, 5.74) is 2.38. The standard InChI is InChI=1S/C19H22N2O3S/c1-4-24-18(22)14-8-10-16(11-9-14)21-19(25)20-13(2)15-6-5-7-17(12-15)23-3/h5-13H,4H2,1-3H3,(H2,20,21,25). The molecule has 0 fully saturated rings. The molecule has 0 radical (unpaired) electrons. The van der Waals surface area contributed by atoms with Gasteiger partial charge in [-0.15, -0.1) is 0 Å². The predicted octanol–water partition coefficient (Wildman–Crippen LogP) is 3.92. The maximum Gasteiger partial charge on any atom is 0.338 e. The van der Waals surface area contributed by atoms with E-state index in [2.05, 4.69) is 10.6 Å². The molecule has 1 atom stereocenters. The number of ether oxygens (including phenoxy) is 2. The highest BCUT2D eigenvalue weighted by Crippen LogP contribution is 2.19. The number of anilines is 1. The van der Waals surface area contributed by atoms with E-state index in [9.17, 15) is 4.79 Å². The summed E-state index contributed by atoms with van der Waals surface area (Å²) in [5.74, 6) is 0.473. The molecule has 0 aliphatic rings. The van der Waals surface area contributed by atoms with Crippen LogP contribution in [-0.4, -0.2) is 24.8 Å². The summed E-state index contributed by atoms with van der Waals surface area (Å²) in [6.45, 7) is 4.16. The van der Waals surface area contributed by atoms with Crippen molar-refractivity contribution in [2.45, 2.75) is 19.9 Å². The topological polar surface area (TPSA) is 59.6 Å². The number of nitrogens with one attached hydrogen (secondary N) is 2. The van der Waals surface area contributed by atoms with Crippen LogP contribution < -0.4 is 15.4 Å². The predicted molar refractivity (Wildman–Crippen MR) is 103 cm³/mol. The monoisotopic (exact) mass is 358 g/mol. The number of rotatable bonds is 6. The molecule has 0 aliphatic carbocycles. The zero-order valence-corrected chi connectivity index (χ0v) is 15.4. The van der Waals surface area contributed by atoms with Gasteiger partial charge in [0, 0.05) is 5.69 Å². The summed E-state index contributed by atoms with van der Waals surface area (Å²) in [5, 5.41) is 6.83. The van der Waals surface area contributed by atoms with E-state index in [0.717, 1.165) is 17.0 Å². The Morgan fingerprint density at radius 1 is 1.20 bits per heavy atom. The maximum absolute atomic E-state index is 11.6. The summed E-state index contributed by atoms with van der Waals surface area (Å²) < 4.78 is 10.2. The first-order chi connectivity index (χ1) is 12.0. The molecule has 2 aromatic carbocycles. The van der Waals surface area contributed by atoms with Gasteiger partial charge in [-0.1, -0.05) is 12.1 Å². The maximum atomic E-state index is 11.6. The molecule has 2 aromatic rings. The molecule has 5 nitrogen and oxygen atoms in total. The first-order valence-corrected chi connectivity index (χ1v) is 8.43. The van der Waals surface area contributed by atoms with Crippen LogP contribution in [0.4, 0.5) is 5.69 Å². The van der Waals surface area contributed by atoms with E-state index >= 15 is 0 Å². The lowest BCUT2D eigenvalue weighted by Gasteiger charge is -2.18. The van der Waals surface area contributed by atoms with Crippen LogP contribution in [0, 0.1) is 0 Å². The Hall–Kier alpha value is -2.60. The minimum absolute atomic E-state index is 0.0221. The molecule has 0 aliphatic heterocycles. The Labute approximate surface area is 153 Å². The highest BCUT2D eigenvalue weighted by atomic mass is 32.1. The number of hydrogen-bond acceptors (Lipinski definition) is 4. The van der Waals surface area contributed by atoms with Gasteiger partial charge < -0.3 is 20.1 Å². The van der Waals surface area contributed by atoms with Crippen molar-refractivity contribution in [3.05, 3.63) is 59.7 Å². The van der Waals surface area contributed by atoms with E-state index in [-0.39, 0.29) is 12.0 Å². The molecule has 0 aromatic heterocycles. The van der Waals surface area contributed by atoms with Gasteiger partial charge in [-0.25, -0.2) is 4.79 Å². The quantitative estimate of drug-likeness (QED) is 0.603. The number of esters is 1. The fraction of sp³-hybridized carbons (Fsp3) is 0.263. The first kappa shape index (κ1) is 18.7. The highest BCUT2D eigenvalue weighted by molar-refractivity contribution is 7.80. The second-order valence-electron chi connectivity index (χ2n) is 5.39. The third kappa shape index (κ3) is 5.46. The van der Waals surface area contributed by atoms with Gasteiger partial charge in [-0.2, -0.15) is 0 Å². The smallest absolute Gasteiger partial charge is 0.338 e. The third-order valence-corrected chi connectivity index (χ3v) is 3.82. The fourth-order valence-electron chi connectivity index (χ4n) is 2.26. The zero-order chi connectivity index (χ0) is 18.2. The second kappa shape index (κ2) is 9.03. The summed E-state index contributed by atoms with van der Waals surface area (Å²) in [6, 6.07) is 14.8. The normalized spacial score (nSPS) is 11.3. The van der Waals surface area contributed by atoms with E-state index in [4.69, 9.17) is 21.7 Å². The molecule has 132 valence electrons. The molecule has 1 unspecified atom stereocenters. The van der Waals surface area contributed by atoms with Gasteiger partial charge in [0.2, 0.25) is 0 Å². The SMILES string of the molecule is CCOC(=O)c1ccc(NC(=S)NC(C)c2cccc(OC)c2)cc1. The molecule has 0 bridgehead atoms. The molecule has 0 saturated heterocycles. The van der Waals surface area contributed by atoms with Gasteiger partial charge >= 0.3 is 5.97 Å². The second-order valence-corrected chi connectivity index (χ2v) is 5.80. The largest absolute Gasteiger partial charge is 0.497 e. The van der Waals surface area contributed by atoms with E-state index < -0.39 is 0 Å². The molecule has 0 spiro atoms. The van der Waals surface area contributed by atoms with E-state index in [1.54, 1.807) is 38.3 Å². The molecule has 2 N–H and O–H groups in total. The third-order valence-electron chi connectivity index (χ3n) is 3.60. The van der Waals surface area contributed by atoms with Crippen LogP contribution in [-0.2, 0) is 4.74 Å².